The molecule has 0 saturated heterocycles. The summed E-state index contributed by atoms with van der Waals surface area (Å²) >= 11 is 0. The van der Waals surface area contributed by atoms with Gasteiger partial charge in [-0.15, -0.1) is 6.10 Å². The molecule has 0 rings (SSSR count). The topological polar surface area (TPSA) is 23.1 Å². The van der Waals surface area contributed by atoms with Gasteiger partial charge in [-0.2, -0.15) is 0 Å². The van der Waals surface area contributed by atoms with Gasteiger partial charge in [0, 0.05) is 0 Å². The van der Waals surface area contributed by atoms with Gasteiger partial charge in [-0.3, -0.25) is 0 Å². The average Bonchev–Trinajstić information content (AvgIpc) is 1.97. The Labute approximate surface area is 89.1 Å². The maximum Gasteiger partial charge on any atom is 1.00 e. The minimum absolute atomic E-state index is 0. The van der Waals surface area contributed by atoms with Gasteiger partial charge in [-0.05, 0) is 5.92 Å². The van der Waals surface area contributed by atoms with Crippen LogP contribution in [0, 0.1) is 5.92 Å². The summed E-state index contributed by atoms with van der Waals surface area (Å²) in [5.74, 6) is 0.683. The summed E-state index contributed by atoms with van der Waals surface area (Å²) in [7, 11) is 0. The second-order valence-corrected chi connectivity index (χ2v) is 3.46. The van der Waals surface area contributed by atoms with Crippen LogP contribution >= 0.6 is 0 Å². The quantitative estimate of drug-likeness (QED) is 0.478. The van der Waals surface area contributed by atoms with Gasteiger partial charge in [0.15, 0.2) is 0 Å². The van der Waals surface area contributed by atoms with Crippen molar-refractivity contribution in [1.29, 1.82) is 0 Å². The van der Waals surface area contributed by atoms with Crippen molar-refractivity contribution >= 4 is 0 Å². The predicted molar refractivity (Wildman–Crippen MR) is 47.4 cm³/mol. The molecule has 1 nitrogen and oxygen atoms in total. The van der Waals surface area contributed by atoms with Crippen LogP contribution in [-0.2, 0) is 0 Å². The monoisotopic (exact) mass is 164 g/mol. The molecule has 0 aliphatic heterocycles. The third-order valence-electron chi connectivity index (χ3n) is 2.21. The van der Waals surface area contributed by atoms with Crippen LogP contribution in [0.25, 0.3) is 0 Å². The zero-order valence-corrected chi connectivity index (χ0v) is 9.10. The largest absolute Gasteiger partial charge is 1.00 e. The molecule has 2 heteroatoms. The third-order valence-corrected chi connectivity index (χ3v) is 2.21. The number of hydrogen-bond acceptors (Lipinski definition) is 1. The van der Waals surface area contributed by atoms with E-state index in [0.29, 0.717) is 5.92 Å². The van der Waals surface area contributed by atoms with E-state index in [1.165, 1.54) is 25.7 Å². The van der Waals surface area contributed by atoms with Crippen LogP contribution in [0.4, 0.5) is 0 Å². The molecule has 68 valence electrons. The van der Waals surface area contributed by atoms with Crippen LogP contribution in [0.15, 0.2) is 0 Å². The van der Waals surface area contributed by atoms with E-state index in [1.54, 1.807) is 6.92 Å². The van der Waals surface area contributed by atoms with E-state index in [1.807, 2.05) is 0 Å². The second-order valence-electron chi connectivity index (χ2n) is 3.46. The Morgan fingerprint density at radius 1 is 1.25 bits per heavy atom. The zero-order chi connectivity index (χ0) is 8.69. The molecule has 0 aromatic rings. The first-order valence-electron chi connectivity index (χ1n) is 4.86. The van der Waals surface area contributed by atoms with Crippen molar-refractivity contribution in [2.24, 2.45) is 5.92 Å². The fourth-order valence-corrected chi connectivity index (χ4v) is 1.45. The molecule has 0 aliphatic rings. The molecule has 2 unspecified atom stereocenters. The number of unbranched alkanes of at least 4 members (excludes halogenated alkanes) is 1. The summed E-state index contributed by atoms with van der Waals surface area (Å²) in [4.78, 5) is 0. The van der Waals surface area contributed by atoms with Gasteiger partial charge in [0.1, 0.15) is 0 Å². The summed E-state index contributed by atoms with van der Waals surface area (Å²) in [5.41, 5.74) is 0. The average molecular weight is 164 g/mol. The van der Waals surface area contributed by atoms with Crippen molar-refractivity contribution in [3.8, 4) is 0 Å². The normalized spacial score (nSPS) is 15.0. The fourth-order valence-electron chi connectivity index (χ4n) is 1.45. The second kappa shape index (κ2) is 9.64. The molecule has 0 aromatic heterocycles. The van der Waals surface area contributed by atoms with E-state index in [4.69, 9.17) is 0 Å². The maximum atomic E-state index is 10.9. The molecule has 0 aromatic carbocycles. The summed E-state index contributed by atoms with van der Waals surface area (Å²) in [6.45, 7) is 6.16. The van der Waals surface area contributed by atoms with Gasteiger partial charge in [0.2, 0.25) is 0 Å². The molecular weight excluding hydrogens is 143 g/mol. The van der Waals surface area contributed by atoms with Gasteiger partial charge >= 0.3 is 18.9 Å². The molecule has 0 saturated carbocycles. The van der Waals surface area contributed by atoms with Crippen molar-refractivity contribution in [2.45, 2.75) is 59.0 Å². The minimum atomic E-state index is -0.364. The summed E-state index contributed by atoms with van der Waals surface area (Å²) in [6, 6.07) is 0. The van der Waals surface area contributed by atoms with E-state index in [2.05, 4.69) is 13.8 Å². The van der Waals surface area contributed by atoms with Crippen LogP contribution in [0.1, 0.15) is 52.9 Å². The van der Waals surface area contributed by atoms with E-state index in [9.17, 15) is 5.11 Å². The molecule has 0 amide bonds. The van der Waals surface area contributed by atoms with Crippen molar-refractivity contribution in [2.75, 3.05) is 0 Å². The van der Waals surface area contributed by atoms with E-state index < -0.39 is 0 Å². The molecule has 2 atom stereocenters. The molecule has 0 fully saturated rings. The van der Waals surface area contributed by atoms with Crippen molar-refractivity contribution in [3.05, 3.63) is 0 Å². The summed E-state index contributed by atoms with van der Waals surface area (Å²) < 4.78 is 0. The Hall–Kier alpha value is 0.557. The van der Waals surface area contributed by atoms with Crippen LogP contribution in [0.5, 0.6) is 0 Å². The van der Waals surface area contributed by atoms with Gasteiger partial charge in [-0.25, -0.2) is 0 Å². The Kier molecular flexibility index (Phi) is 12.1. The number of hydrogen-bond donors (Lipinski definition) is 0. The molecule has 0 heterocycles. The molecular formula is C10H21LiO. The maximum absolute atomic E-state index is 10.9. The fraction of sp³-hybridized carbons (Fsp3) is 1.00. The van der Waals surface area contributed by atoms with Gasteiger partial charge in [0.05, 0.1) is 0 Å². The Balaban J connectivity index is 0. The van der Waals surface area contributed by atoms with Crippen LogP contribution in [0.3, 0.4) is 0 Å². The summed E-state index contributed by atoms with van der Waals surface area (Å²) in [5, 5.41) is 10.9. The molecule has 12 heavy (non-hydrogen) atoms. The molecule has 0 N–H and O–H groups in total. The smallest absolute Gasteiger partial charge is 0.852 e. The molecule has 0 aliphatic carbocycles. The van der Waals surface area contributed by atoms with Crippen molar-refractivity contribution in [1.82, 2.24) is 0 Å². The van der Waals surface area contributed by atoms with Gasteiger partial charge in [-0.1, -0.05) is 52.9 Å². The van der Waals surface area contributed by atoms with Crippen LogP contribution in [-0.4, -0.2) is 6.10 Å². The SMILES string of the molecule is CCCCC(CC)CC(C)[O-].[Li+]. The first-order valence-corrected chi connectivity index (χ1v) is 4.86. The van der Waals surface area contributed by atoms with E-state index in [0.717, 1.165) is 6.42 Å². The number of rotatable bonds is 6. The Morgan fingerprint density at radius 2 is 1.83 bits per heavy atom. The zero-order valence-electron chi connectivity index (χ0n) is 9.10. The Bertz CT molecular complexity index is 83.9. The molecule has 0 bridgehead atoms. The Morgan fingerprint density at radius 3 is 2.17 bits per heavy atom. The van der Waals surface area contributed by atoms with Crippen molar-refractivity contribution in [3.63, 3.8) is 0 Å². The first-order chi connectivity index (χ1) is 5.20. The van der Waals surface area contributed by atoms with Crippen LogP contribution in [0.2, 0.25) is 0 Å². The molecule has 0 radical (unpaired) electrons. The van der Waals surface area contributed by atoms with E-state index in [-0.39, 0.29) is 25.0 Å². The third kappa shape index (κ3) is 8.65. The van der Waals surface area contributed by atoms with Gasteiger partial charge < -0.3 is 5.11 Å². The predicted octanol–water partition coefficient (Wildman–Crippen LogP) is -0.654. The van der Waals surface area contributed by atoms with E-state index >= 15 is 0 Å². The first kappa shape index (κ1) is 15.0. The van der Waals surface area contributed by atoms with Crippen LogP contribution < -0.4 is 24.0 Å². The van der Waals surface area contributed by atoms with Crippen molar-refractivity contribution < 1.29 is 24.0 Å². The summed E-state index contributed by atoms with van der Waals surface area (Å²) in [6.07, 6.45) is 5.47. The minimum Gasteiger partial charge on any atom is -0.852 e. The molecule has 0 spiro atoms. The van der Waals surface area contributed by atoms with Gasteiger partial charge in [0.25, 0.3) is 0 Å². The standard InChI is InChI=1S/C10H21O.Li/c1-4-6-7-10(5-2)8-9(3)11;/h9-10H,4-8H2,1-3H3;/q-1;+1.